The van der Waals surface area contributed by atoms with Gasteiger partial charge >= 0.3 is 0 Å². The fourth-order valence-electron chi connectivity index (χ4n) is 3.70. The molecule has 0 spiro atoms. The van der Waals surface area contributed by atoms with Crippen molar-refractivity contribution in [1.29, 1.82) is 0 Å². The van der Waals surface area contributed by atoms with Gasteiger partial charge in [-0.15, -0.1) is 0 Å². The van der Waals surface area contributed by atoms with E-state index in [4.69, 9.17) is 14.2 Å². The van der Waals surface area contributed by atoms with Gasteiger partial charge in [0, 0.05) is 35.8 Å². The first kappa shape index (κ1) is 21.5. The van der Waals surface area contributed by atoms with E-state index >= 15 is 0 Å². The van der Waals surface area contributed by atoms with Gasteiger partial charge in [-0.05, 0) is 31.0 Å². The Balaban J connectivity index is 1.48. The summed E-state index contributed by atoms with van der Waals surface area (Å²) in [6.07, 6.45) is 2.06. The lowest BCUT2D eigenvalue weighted by molar-refractivity contribution is -0.122. The summed E-state index contributed by atoms with van der Waals surface area (Å²) < 4.78 is 17.7. The van der Waals surface area contributed by atoms with Crippen LogP contribution in [0.1, 0.15) is 34.5 Å². The van der Waals surface area contributed by atoms with Crippen LogP contribution in [0.4, 0.5) is 5.82 Å². The topological polar surface area (TPSA) is 104 Å². The number of carbonyl (C=O) groups is 2. The van der Waals surface area contributed by atoms with E-state index in [9.17, 15) is 9.59 Å². The molecule has 9 nitrogen and oxygen atoms in total. The van der Waals surface area contributed by atoms with E-state index in [0.29, 0.717) is 29.4 Å². The van der Waals surface area contributed by atoms with Crippen molar-refractivity contribution in [2.24, 2.45) is 0 Å². The number of nitrogens with zero attached hydrogens (tertiary/aromatic N) is 2. The molecule has 2 N–H and O–H groups in total. The molecule has 0 radical (unpaired) electrons. The molecular weight excluding hydrogens is 420 g/mol. The number of rotatable bonds is 8. The van der Waals surface area contributed by atoms with Gasteiger partial charge in [-0.1, -0.05) is 0 Å². The number of ether oxygens (including phenoxy) is 3. The summed E-state index contributed by atoms with van der Waals surface area (Å²) in [5, 5.41) is 10.4. The third kappa shape index (κ3) is 4.80. The molecule has 0 aliphatic carbocycles. The van der Waals surface area contributed by atoms with Crippen LogP contribution >= 0.6 is 11.8 Å². The molecule has 1 aromatic carbocycles. The molecule has 4 rings (SSSR count). The number of amides is 2. The molecule has 10 heteroatoms. The molecule has 1 atom stereocenters. The molecule has 2 amide bonds. The van der Waals surface area contributed by atoms with E-state index in [1.165, 1.54) is 7.11 Å². The van der Waals surface area contributed by atoms with Gasteiger partial charge in [0.25, 0.3) is 5.91 Å². The summed E-state index contributed by atoms with van der Waals surface area (Å²) in [6.45, 7) is 1.27. The van der Waals surface area contributed by atoms with Gasteiger partial charge in [-0.2, -0.15) is 16.9 Å². The van der Waals surface area contributed by atoms with Crippen LogP contribution < -0.4 is 20.1 Å². The Hall–Kier alpha value is -2.72. The van der Waals surface area contributed by atoms with Crippen LogP contribution in [0.3, 0.4) is 0 Å². The maximum absolute atomic E-state index is 12.9. The van der Waals surface area contributed by atoms with Gasteiger partial charge in [-0.25, -0.2) is 4.68 Å². The van der Waals surface area contributed by atoms with Crippen LogP contribution in [0.5, 0.6) is 11.5 Å². The van der Waals surface area contributed by atoms with Crippen molar-refractivity contribution >= 4 is 29.4 Å². The Kier molecular flexibility index (Phi) is 6.67. The van der Waals surface area contributed by atoms with Gasteiger partial charge < -0.3 is 24.8 Å². The van der Waals surface area contributed by atoms with Crippen molar-refractivity contribution < 1.29 is 23.8 Å². The molecule has 1 saturated heterocycles. The van der Waals surface area contributed by atoms with Gasteiger partial charge in [0.15, 0.2) is 11.5 Å². The smallest absolute Gasteiger partial charge is 0.256 e. The number of thioether (sulfide) groups is 1. The fraction of sp³-hybridized carbons (Fsp3) is 0.476. The van der Waals surface area contributed by atoms with Crippen molar-refractivity contribution in [3.8, 4) is 11.5 Å². The number of hydrogen-bond donors (Lipinski definition) is 2. The van der Waals surface area contributed by atoms with Crippen molar-refractivity contribution in [2.45, 2.75) is 37.0 Å². The molecule has 166 valence electrons. The molecule has 3 heterocycles. The van der Waals surface area contributed by atoms with Crippen LogP contribution in [0.2, 0.25) is 0 Å². The number of fused-ring (bicyclic) bond motifs is 1. The van der Waals surface area contributed by atoms with Crippen molar-refractivity contribution in [3.05, 3.63) is 35.0 Å². The Morgan fingerprint density at radius 3 is 2.84 bits per heavy atom. The van der Waals surface area contributed by atoms with E-state index in [-0.39, 0.29) is 24.5 Å². The maximum Gasteiger partial charge on any atom is 0.256 e. The monoisotopic (exact) mass is 446 g/mol. The summed E-state index contributed by atoms with van der Waals surface area (Å²) in [7, 11) is 3.06. The van der Waals surface area contributed by atoms with Crippen LogP contribution in [-0.2, 0) is 27.6 Å². The largest absolute Gasteiger partial charge is 0.493 e. The lowest BCUT2D eigenvalue weighted by atomic mass is 10.2. The minimum atomic E-state index is -0.304. The zero-order valence-electron chi connectivity index (χ0n) is 17.6. The van der Waals surface area contributed by atoms with Gasteiger partial charge in [0.2, 0.25) is 5.91 Å². The van der Waals surface area contributed by atoms with Crippen molar-refractivity contribution in [3.63, 3.8) is 0 Å². The maximum atomic E-state index is 12.9. The third-order valence-corrected chi connectivity index (χ3v) is 6.31. The zero-order valence-corrected chi connectivity index (χ0v) is 18.4. The highest BCUT2D eigenvalue weighted by molar-refractivity contribution is 7.98. The number of anilines is 1. The average molecular weight is 447 g/mol. The van der Waals surface area contributed by atoms with E-state index in [1.54, 1.807) is 41.8 Å². The molecule has 2 aromatic rings. The quantitative estimate of drug-likeness (QED) is 0.641. The van der Waals surface area contributed by atoms with Crippen LogP contribution in [-0.4, -0.2) is 55.1 Å². The molecule has 31 heavy (non-hydrogen) atoms. The second-order valence-electron chi connectivity index (χ2n) is 7.39. The highest BCUT2D eigenvalue weighted by Crippen LogP contribution is 2.35. The van der Waals surface area contributed by atoms with Crippen LogP contribution in [0.15, 0.2) is 18.2 Å². The molecule has 0 bridgehead atoms. The van der Waals surface area contributed by atoms with E-state index in [0.717, 1.165) is 42.2 Å². The zero-order chi connectivity index (χ0) is 21.8. The first-order valence-electron chi connectivity index (χ1n) is 10.2. The minimum absolute atomic E-state index is 0.0337. The summed E-state index contributed by atoms with van der Waals surface area (Å²) in [5.41, 5.74) is 2.29. The number of methoxy groups -OCH3 is 2. The summed E-state index contributed by atoms with van der Waals surface area (Å²) in [4.78, 5) is 25.4. The second kappa shape index (κ2) is 9.61. The lowest BCUT2D eigenvalue weighted by Crippen LogP contribution is -2.34. The molecule has 1 fully saturated rings. The van der Waals surface area contributed by atoms with Crippen LogP contribution in [0.25, 0.3) is 0 Å². The molecule has 1 aromatic heterocycles. The predicted molar refractivity (Wildman–Crippen MR) is 117 cm³/mol. The molecule has 2 aliphatic heterocycles. The molecule has 2 aliphatic rings. The Bertz CT molecular complexity index is 971. The number of aromatic nitrogens is 2. The van der Waals surface area contributed by atoms with E-state index in [2.05, 4.69) is 15.7 Å². The standard InChI is InChI=1S/C21H26N4O5S/c1-28-17-6-5-13(8-18(17)29-2)21(27)23-20-15-11-31-12-16(15)24-25(20)10-19(26)22-9-14-4-3-7-30-14/h5-6,8,14H,3-4,7,9-12H2,1-2H3,(H,22,26)(H,23,27). The highest BCUT2D eigenvalue weighted by Gasteiger charge is 2.26. The average Bonchev–Trinajstić information content (AvgIpc) is 3.51. The van der Waals surface area contributed by atoms with E-state index < -0.39 is 0 Å². The number of carbonyl (C=O) groups excluding carboxylic acids is 2. The Morgan fingerprint density at radius 1 is 1.26 bits per heavy atom. The summed E-state index contributed by atoms with van der Waals surface area (Å²) in [5.74, 6) is 2.62. The van der Waals surface area contributed by atoms with Crippen LogP contribution in [0, 0.1) is 0 Å². The minimum Gasteiger partial charge on any atom is -0.493 e. The Morgan fingerprint density at radius 2 is 2.10 bits per heavy atom. The first-order valence-corrected chi connectivity index (χ1v) is 11.3. The van der Waals surface area contributed by atoms with Gasteiger partial charge in [0.1, 0.15) is 12.4 Å². The lowest BCUT2D eigenvalue weighted by Gasteiger charge is -2.14. The van der Waals surface area contributed by atoms with E-state index in [1.807, 2.05) is 0 Å². The fourth-order valence-corrected chi connectivity index (χ4v) is 4.74. The normalized spacial score (nSPS) is 17.3. The number of benzene rings is 1. The highest BCUT2D eigenvalue weighted by atomic mass is 32.2. The van der Waals surface area contributed by atoms with Gasteiger partial charge in [-0.3, -0.25) is 9.59 Å². The Labute approximate surface area is 184 Å². The number of hydrogen-bond acceptors (Lipinski definition) is 7. The predicted octanol–water partition coefficient (Wildman–Crippen LogP) is 2.19. The summed E-state index contributed by atoms with van der Waals surface area (Å²) >= 11 is 1.73. The van der Waals surface area contributed by atoms with Gasteiger partial charge in [0.05, 0.1) is 26.0 Å². The third-order valence-electron chi connectivity index (χ3n) is 5.34. The van der Waals surface area contributed by atoms with Crippen molar-refractivity contribution in [1.82, 2.24) is 15.1 Å². The molecular formula is C21H26N4O5S. The number of nitrogens with one attached hydrogen (secondary N) is 2. The summed E-state index contributed by atoms with van der Waals surface area (Å²) in [6, 6.07) is 4.97. The first-order chi connectivity index (χ1) is 15.1. The molecule has 1 unspecified atom stereocenters. The second-order valence-corrected chi connectivity index (χ2v) is 8.37. The SMILES string of the molecule is COc1ccc(C(=O)Nc2c3c(nn2CC(=O)NCC2CCCO2)CSC3)cc1OC. The molecule has 0 saturated carbocycles. The van der Waals surface area contributed by atoms with Crippen molar-refractivity contribution in [2.75, 3.05) is 32.7 Å².